The molecule has 0 spiro atoms. The molecular weight excluding hydrogens is 349 g/mol. The lowest BCUT2D eigenvalue weighted by atomic mass is 10.2. The number of nitrogens with one attached hydrogen (secondary N) is 1. The number of tetrazole rings is 1. The maximum absolute atomic E-state index is 13.5. The van der Waals surface area contributed by atoms with Crippen molar-refractivity contribution in [1.82, 2.24) is 20.2 Å². The molecule has 3 aromatic rings. The summed E-state index contributed by atoms with van der Waals surface area (Å²) in [6.07, 6.45) is 0. The van der Waals surface area contributed by atoms with Crippen molar-refractivity contribution < 1.29 is 9.18 Å². The number of carbonyl (C=O) groups excluding carboxylic acids is 1. The van der Waals surface area contributed by atoms with E-state index in [4.69, 9.17) is 0 Å². The monoisotopic (exact) mass is 363 g/mol. The first-order chi connectivity index (χ1) is 11.6. The molecule has 2 heterocycles. The number of hydrogen-bond donors (Lipinski definition) is 1. The summed E-state index contributed by atoms with van der Waals surface area (Å²) in [5, 5.41) is 16.7. The number of halogens is 1. The number of nitrogens with zero attached hydrogens (tertiary/aromatic N) is 4. The second-order valence-corrected chi connectivity index (χ2v) is 6.97. The summed E-state index contributed by atoms with van der Waals surface area (Å²) in [7, 11) is 0. The van der Waals surface area contributed by atoms with Gasteiger partial charge in [-0.2, -0.15) is 0 Å². The summed E-state index contributed by atoms with van der Waals surface area (Å²) >= 11 is 2.85. The zero-order valence-corrected chi connectivity index (χ0v) is 14.4. The van der Waals surface area contributed by atoms with Crippen LogP contribution in [0.5, 0.6) is 0 Å². The topological polar surface area (TPSA) is 72.7 Å². The van der Waals surface area contributed by atoms with Crippen LogP contribution in [0.4, 0.5) is 10.1 Å². The van der Waals surface area contributed by atoms with E-state index in [9.17, 15) is 9.18 Å². The fourth-order valence-electron chi connectivity index (χ4n) is 1.95. The lowest BCUT2D eigenvalue weighted by Gasteiger charge is -2.06. The van der Waals surface area contributed by atoms with Gasteiger partial charge >= 0.3 is 0 Å². The first-order valence-corrected chi connectivity index (χ1v) is 8.95. The lowest BCUT2D eigenvalue weighted by molar-refractivity contribution is -0.113. The van der Waals surface area contributed by atoms with E-state index >= 15 is 0 Å². The molecule has 0 aliphatic carbocycles. The highest BCUT2D eigenvalue weighted by atomic mass is 32.2. The van der Waals surface area contributed by atoms with E-state index in [2.05, 4.69) is 20.8 Å². The van der Waals surface area contributed by atoms with Gasteiger partial charge in [0.05, 0.1) is 12.3 Å². The molecule has 9 heteroatoms. The minimum absolute atomic E-state index is 0.139. The molecule has 0 aliphatic rings. The van der Waals surface area contributed by atoms with Gasteiger partial charge in [-0.3, -0.25) is 4.79 Å². The Morgan fingerprint density at radius 2 is 2.29 bits per heavy atom. The van der Waals surface area contributed by atoms with E-state index in [-0.39, 0.29) is 17.5 Å². The fourth-order valence-corrected chi connectivity index (χ4v) is 3.31. The largest absolute Gasteiger partial charge is 0.325 e. The minimum atomic E-state index is -0.347. The van der Waals surface area contributed by atoms with Gasteiger partial charge < -0.3 is 5.32 Å². The number of amides is 1. The van der Waals surface area contributed by atoms with E-state index in [1.165, 1.54) is 17.8 Å². The minimum Gasteiger partial charge on any atom is -0.325 e. The van der Waals surface area contributed by atoms with Crippen molar-refractivity contribution >= 4 is 34.7 Å². The smallest absolute Gasteiger partial charge is 0.234 e. The maximum Gasteiger partial charge on any atom is 0.234 e. The number of aromatic nitrogens is 4. The van der Waals surface area contributed by atoms with Crippen molar-refractivity contribution in [2.24, 2.45) is 0 Å². The van der Waals surface area contributed by atoms with Crippen LogP contribution in [-0.2, 0) is 11.3 Å². The van der Waals surface area contributed by atoms with Crippen molar-refractivity contribution in [3.05, 3.63) is 52.0 Å². The van der Waals surface area contributed by atoms with Gasteiger partial charge in [-0.1, -0.05) is 23.9 Å². The summed E-state index contributed by atoms with van der Waals surface area (Å²) in [5.41, 5.74) is 0.969. The number of thiophene rings is 1. The van der Waals surface area contributed by atoms with Gasteiger partial charge in [-0.25, -0.2) is 9.07 Å². The molecule has 0 bridgehead atoms. The number of aryl methyl sites for hydroxylation is 1. The average Bonchev–Trinajstić information content (AvgIpc) is 3.21. The van der Waals surface area contributed by atoms with E-state index in [0.717, 1.165) is 4.88 Å². The standard InChI is InChI=1S/C15H14FN5OS2/c1-10-4-5-11(7-13(10)16)17-14(22)9-24-15-18-19-20-21(15)8-12-3-2-6-23-12/h2-7H,8-9H2,1H3,(H,17,22). The summed E-state index contributed by atoms with van der Waals surface area (Å²) in [6.45, 7) is 2.24. The van der Waals surface area contributed by atoms with E-state index < -0.39 is 0 Å². The number of hydrogen-bond acceptors (Lipinski definition) is 6. The molecule has 0 saturated carbocycles. The summed E-state index contributed by atoms with van der Waals surface area (Å²) < 4.78 is 15.1. The van der Waals surface area contributed by atoms with Crippen LogP contribution in [0.25, 0.3) is 0 Å². The van der Waals surface area contributed by atoms with Crippen molar-refractivity contribution in [3.8, 4) is 0 Å². The number of rotatable bonds is 6. The van der Waals surface area contributed by atoms with Gasteiger partial charge in [0.15, 0.2) is 0 Å². The van der Waals surface area contributed by atoms with Gasteiger partial charge in [0.25, 0.3) is 0 Å². The van der Waals surface area contributed by atoms with Gasteiger partial charge in [0.1, 0.15) is 5.82 Å². The Labute approximate surface area is 146 Å². The lowest BCUT2D eigenvalue weighted by Crippen LogP contribution is -2.15. The zero-order chi connectivity index (χ0) is 16.9. The molecule has 24 heavy (non-hydrogen) atoms. The Bertz CT molecular complexity index is 834. The first-order valence-electron chi connectivity index (χ1n) is 7.09. The molecule has 0 unspecified atom stereocenters. The molecule has 2 aromatic heterocycles. The van der Waals surface area contributed by atoms with Crippen LogP contribution in [0, 0.1) is 12.7 Å². The third-order valence-corrected chi connectivity index (χ3v) is 4.99. The Morgan fingerprint density at radius 1 is 1.42 bits per heavy atom. The molecule has 1 amide bonds. The van der Waals surface area contributed by atoms with Crippen molar-refractivity contribution in [1.29, 1.82) is 0 Å². The Kier molecular flexibility index (Phi) is 5.21. The summed E-state index contributed by atoms with van der Waals surface area (Å²) in [4.78, 5) is 13.1. The molecule has 124 valence electrons. The van der Waals surface area contributed by atoms with E-state index in [0.29, 0.717) is 23.0 Å². The molecule has 3 rings (SSSR count). The Hall–Kier alpha value is -2.26. The predicted octanol–water partition coefficient (Wildman–Crippen LogP) is 2.96. The van der Waals surface area contributed by atoms with Crippen LogP contribution in [-0.4, -0.2) is 31.9 Å². The number of carbonyl (C=O) groups is 1. The van der Waals surface area contributed by atoms with Crippen LogP contribution in [0.3, 0.4) is 0 Å². The normalized spacial score (nSPS) is 10.8. The second-order valence-electron chi connectivity index (χ2n) is 5.00. The quantitative estimate of drug-likeness (QED) is 0.682. The molecule has 0 radical (unpaired) electrons. The van der Waals surface area contributed by atoms with Crippen LogP contribution in [0.15, 0.2) is 40.9 Å². The van der Waals surface area contributed by atoms with Crippen molar-refractivity contribution in [2.75, 3.05) is 11.1 Å². The Balaban J connectivity index is 1.56. The van der Waals surface area contributed by atoms with Gasteiger partial charge in [-0.15, -0.1) is 16.4 Å². The SMILES string of the molecule is Cc1ccc(NC(=O)CSc2nnnn2Cc2cccs2)cc1F. The zero-order valence-electron chi connectivity index (χ0n) is 12.8. The second kappa shape index (κ2) is 7.54. The van der Waals surface area contributed by atoms with Crippen LogP contribution in [0.2, 0.25) is 0 Å². The van der Waals surface area contributed by atoms with Crippen molar-refractivity contribution in [3.63, 3.8) is 0 Å². The highest BCUT2D eigenvalue weighted by Crippen LogP contribution is 2.18. The van der Waals surface area contributed by atoms with Crippen molar-refractivity contribution in [2.45, 2.75) is 18.6 Å². The Morgan fingerprint density at radius 3 is 3.04 bits per heavy atom. The van der Waals surface area contributed by atoms with E-state index in [1.54, 1.807) is 35.1 Å². The van der Waals surface area contributed by atoms with Crippen LogP contribution >= 0.6 is 23.1 Å². The molecule has 6 nitrogen and oxygen atoms in total. The van der Waals surface area contributed by atoms with Gasteiger partial charge in [0, 0.05) is 10.6 Å². The molecule has 0 saturated heterocycles. The van der Waals surface area contributed by atoms with E-state index in [1.807, 2.05) is 17.5 Å². The van der Waals surface area contributed by atoms with Gasteiger partial charge in [-0.05, 0) is 46.5 Å². The number of benzene rings is 1. The average molecular weight is 363 g/mol. The first kappa shape index (κ1) is 16.6. The number of thioether (sulfide) groups is 1. The molecule has 1 N–H and O–H groups in total. The third-order valence-electron chi connectivity index (χ3n) is 3.17. The fraction of sp³-hybridized carbons (Fsp3) is 0.200. The van der Waals surface area contributed by atoms with Crippen LogP contribution < -0.4 is 5.32 Å². The molecule has 1 aromatic carbocycles. The molecular formula is C15H14FN5OS2. The maximum atomic E-state index is 13.5. The predicted molar refractivity (Wildman–Crippen MR) is 91.7 cm³/mol. The highest BCUT2D eigenvalue weighted by Gasteiger charge is 2.11. The number of anilines is 1. The van der Waals surface area contributed by atoms with Gasteiger partial charge in [0.2, 0.25) is 11.1 Å². The third kappa shape index (κ3) is 4.18. The summed E-state index contributed by atoms with van der Waals surface area (Å²) in [6, 6.07) is 8.56. The summed E-state index contributed by atoms with van der Waals surface area (Å²) in [5.74, 6) is -0.449. The van der Waals surface area contributed by atoms with Crippen LogP contribution in [0.1, 0.15) is 10.4 Å². The highest BCUT2D eigenvalue weighted by molar-refractivity contribution is 7.99. The molecule has 0 fully saturated rings. The molecule has 0 aliphatic heterocycles. The molecule has 0 atom stereocenters.